The van der Waals surface area contributed by atoms with Gasteiger partial charge in [0.25, 0.3) is 0 Å². The highest BCUT2D eigenvalue weighted by Gasteiger charge is 2.37. The predicted octanol–water partition coefficient (Wildman–Crippen LogP) is 1.16. The van der Waals surface area contributed by atoms with Crippen LogP contribution in [-0.2, 0) is 19.6 Å². The molecule has 1 aliphatic carbocycles. The molecule has 1 aromatic carbocycles. The molecule has 1 saturated heterocycles. The molecule has 0 radical (unpaired) electrons. The fourth-order valence-electron chi connectivity index (χ4n) is 3.59. The number of carbonyl (C=O) groups excluding carboxylic acids is 1. The quantitative estimate of drug-likeness (QED) is 0.841. The van der Waals surface area contributed by atoms with Crippen molar-refractivity contribution in [2.24, 2.45) is 11.8 Å². The largest absolute Gasteiger partial charge is 0.481 e. The van der Waals surface area contributed by atoms with Crippen LogP contribution in [0, 0.1) is 17.7 Å². The molecule has 2 atom stereocenters. The van der Waals surface area contributed by atoms with E-state index in [1.165, 1.54) is 16.4 Å². The predicted molar refractivity (Wildman–Crippen MR) is 90.2 cm³/mol. The van der Waals surface area contributed by atoms with Crippen LogP contribution < -0.4 is 0 Å². The van der Waals surface area contributed by atoms with Crippen LogP contribution in [0.5, 0.6) is 0 Å². The second kappa shape index (κ2) is 7.32. The number of piperazine rings is 1. The lowest BCUT2D eigenvalue weighted by Crippen LogP contribution is -2.51. The van der Waals surface area contributed by atoms with Gasteiger partial charge in [-0.1, -0.05) is 0 Å². The third-order valence-corrected chi connectivity index (χ3v) is 7.05. The van der Waals surface area contributed by atoms with Crippen molar-refractivity contribution in [2.75, 3.05) is 26.2 Å². The first-order valence-electron chi connectivity index (χ1n) is 8.56. The maximum absolute atomic E-state index is 13.0. The summed E-state index contributed by atoms with van der Waals surface area (Å²) in [5.41, 5.74) is 0. The highest BCUT2D eigenvalue weighted by molar-refractivity contribution is 7.89. The van der Waals surface area contributed by atoms with Crippen molar-refractivity contribution >= 4 is 21.9 Å². The summed E-state index contributed by atoms with van der Waals surface area (Å²) in [6, 6.07) is 4.66. The number of carbonyl (C=O) groups is 2. The van der Waals surface area contributed by atoms with E-state index in [0.717, 1.165) is 12.1 Å². The molecule has 1 aromatic rings. The van der Waals surface area contributed by atoms with Crippen LogP contribution >= 0.6 is 0 Å². The van der Waals surface area contributed by atoms with Gasteiger partial charge >= 0.3 is 5.97 Å². The zero-order chi connectivity index (χ0) is 18.9. The summed E-state index contributed by atoms with van der Waals surface area (Å²) in [5.74, 6) is -2.22. The summed E-state index contributed by atoms with van der Waals surface area (Å²) >= 11 is 0. The number of sulfonamides is 1. The molecular formula is C17H21FN2O5S. The van der Waals surface area contributed by atoms with Crippen LogP contribution in [-0.4, -0.2) is 60.8 Å². The van der Waals surface area contributed by atoms with Gasteiger partial charge in [-0.25, -0.2) is 12.8 Å². The summed E-state index contributed by atoms with van der Waals surface area (Å²) in [6.45, 7) is 0.877. The van der Waals surface area contributed by atoms with Gasteiger partial charge in [0.1, 0.15) is 5.82 Å². The SMILES string of the molecule is O=C(O)[C@@H]1CC[C@H](C(=O)N2CCN(S(=O)(=O)c3ccc(F)cc3)CC2)C1. The second-order valence-corrected chi connectivity index (χ2v) is 8.67. The molecule has 0 unspecified atom stereocenters. The number of amides is 1. The van der Waals surface area contributed by atoms with E-state index in [1.54, 1.807) is 4.90 Å². The summed E-state index contributed by atoms with van der Waals surface area (Å²) in [7, 11) is -3.72. The molecule has 3 rings (SSSR count). The average molecular weight is 384 g/mol. The molecule has 26 heavy (non-hydrogen) atoms. The minimum Gasteiger partial charge on any atom is -0.481 e. The highest BCUT2D eigenvalue weighted by atomic mass is 32.2. The average Bonchev–Trinajstić information content (AvgIpc) is 3.12. The number of aliphatic carboxylic acids is 1. The van der Waals surface area contributed by atoms with Gasteiger partial charge in [0.15, 0.2) is 0 Å². The highest BCUT2D eigenvalue weighted by Crippen LogP contribution is 2.32. The molecule has 9 heteroatoms. The van der Waals surface area contributed by atoms with Crippen molar-refractivity contribution in [3.8, 4) is 0 Å². The van der Waals surface area contributed by atoms with E-state index in [-0.39, 0.29) is 42.9 Å². The number of halogens is 1. The van der Waals surface area contributed by atoms with Gasteiger partial charge in [0.2, 0.25) is 15.9 Å². The lowest BCUT2D eigenvalue weighted by atomic mass is 10.0. The van der Waals surface area contributed by atoms with Gasteiger partial charge < -0.3 is 10.0 Å². The van der Waals surface area contributed by atoms with E-state index >= 15 is 0 Å². The third kappa shape index (κ3) is 3.73. The maximum atomic E-state index is 13.0. The monoisotopic (exact) mass is 384 g/mol. The first kappa shape index (κ1) is 18.8. The topological polar surface area (TPSA) is 95.0 Å². The van der Waals surface area contributed by atoms with Crippen LogP contribution in [0.3, 0.4) is 0 Å². The molecule has 1 heterocycles. The van der Waals surface area contributed by atoms with Crippen molar-refractivity contribution in [1.82, 2.24) is 9.21 Å². The Morgan fingerprint density at radius 1 is 1.00 bits per heavy atom. The van der Waals surface area contributed by atoms with Crippen LogP contribution in [0.25, 0.3) is 0 Å². The van der Waals surface area contributed by atoms with Crippen molar-refractivity contribution in [1.29, 1.82) is 0 Å². The lowest BCUT2D eigenvalue weighted by molar-refractivity contribution is -0.141. The molecule has 0 bridgehead atoms. The molecule has 0 spiro atoms. The van der Waals surface area contributed by atoms with Crippen molar-refractivity contribution < 1.29 is 27.5 Å². The van der Waals surface area contributed by atoms with Crippen LogP contribution in [0.1, 0.15) is 19.3 Å². The molecule has 1 N–H and O–H groups in total. The van der Waals surface area contributed by atoms with E-state index in [2.05, 4.69) is 0 Å². The Hall–Kier alpha value is -2.00. The minimum atomic E-state index is -3.72. The van der Waals surface area contributed by atoms with E-state index in [0.29, 0.717) is 19.3 Å². The molecule has 0 aromatic heterocycles. The fourth-order valence-corrected chi connectivity index (χ4v) is 5.01. The van der Waals surface area contributed by atoms with Crippen molar-refractivity contribution in [3.05, 3.63) is 30.1 Å². The first-order valence-corrected chi connectivity index (χ1v) is 10.0. The third-order valence-electron chi connectivity index (χ3n) is 5.13. The Morgan fingerprint density at radius 2 is 1.58 bits per heavy atom. The van der Waals surface area contributed by atoms with Gasteiger partial charge in [0.05, 0.1) is 10.8 Å². The van der Waals surface area contributed by atoms with E-state index < -0.39 is 27.7 Å². The fraction of sp³-hybridized carbons (Fsp3) is 0.529. The molecule has 142 valence electrons. The van der Waals surface area contributed by atoms with E-state index in [9.17, 15) is 22.4 Å². The number of benzene rings is 1. The Labute approximate surface area is 151 Å². The van der Waals surface area contributed by atoms with E-state index in [1.807, 2.05) is 0 Å². The van der Waals surface area contributed by atoms with Crippen molar-refractivity contribution in [2.45, 2.75) is 24.2 Å². The summed E-state index contributed by atoms with van der Waals surface area (Å²) in [4.78, 5) is 25.2. The number of carboxylic acid groups (broad SMARTS) is 1. The molecule has 1 amide bonds. The Kier molecular flexibility index (Phi) is 5.29. The zero-order valence-electron chi connectivity index (χ0n) is 14.2. The number of hydrogen-bond acceptors (Lipinski definition) is 4. The zero-order valence-corrected chi connectivity index (χ0v) is 15.0. The molecule has 2 aliphatic rings. The molecular weight excluding hydrogens is 363 g/mol. The number of rotatable bonds is 4. The second-order valence-electron chi connectivity index (χ2n) is 6.73. The number of hydrogen-bond donors (Lipinski definition) is 1. The van der Waals surface area contributed by atoms with Gasteiger partial charge in [-0.05, 0) is 43.5 Å². The normalized spacial score (nSPS) is 24.6. The van der Waals surface area contributed by atoms with Crippen LogP contribution in [0.4, 0.5) is 4.39 Å². The molecule has 7 nitrogen and oxygen atoms in total. The molecule has 1 aliphatic heterocycles. The summed E-state index contributed by atoms with van der Waals surface area (Å²) in [5, 5.41) is 9.05. The molecule has 1 saturated carbocycles. The standard InChI is InChI=1S/C17H21FN2O5S/c18-14-3-5-15(6-4-14)26(24,25)20-9-7-19(8-10-20)16(21)12-1-2-13(11-12)17(22)23/h3-6,12-13H,1-2,7-11H2,(H,22,23)/t12-,13+/m0/s1. The first-order chi connectivity index (χ1) is 12.3. The summed E-state index contributed by atoms with van der Waals surface area (Å²) < 4.78 is 39.5. The van der Waals surface area contributed by atoms with Crippen molar-refractivity contribution in [3.63, 3.8) is 0 Å². The van der Waals surface area contributed by atoms with Gasteiger partial charge in [-0.2, -0.15) is 4.31 Å². The van der Waals surface area contributed by atoms with Gasteiger partial charge in [0, 0.05) is 32.1 Å². The maximum Gasteiger partial charge on any atom is 0.306 e. The van der Waals surface area contributed by atoms with Gasteiger partial charge in [-0.15, -0.1) is 0 Å². The van der Waals surface area contributed by atoms with Crippen LogP contribution in [0.2, 0.25) is 0 Å². The number of nitrogens with zero attached hydrogens (tertiary/aromatic N) is 2. The minimum absolute atomic E-state index is 0.0266. The Balaban J connectivity index is 1.59. The van der Waals surface area contributed by atoms with Gasteiger partial charge in [-0.3, -0.25) is 9.59 Å². The van der Waals surface area contributed by atoms with E-state index in [4.69, 9.17) is 5.11 Å². The van der Waals surface area contributed by atoms with Crippen LogP contribution in [0.15, 0.2) is 29.2 Å². The molecule has 2 fully saturated rings. The summed E-state index contributed by atoms with van der Waals surface area (Å²) in [6.07, 6.45) is 1.41. The Morgan fingerprint density at radius 3 is 2.12 bits per heavy atom. The Bertz CT molecular complexity index is 788. The number of carboxylic acids is 1. The smallest absolute Gasteiger partial charge is 0.306 e. The lowest BCUT2D eigenvalue weighted by Gasteiger charge is -2.35.